The van der Waals surface area contributed by atoms with Crippen LogP contribution in [-0.2, 0) is 14.6 Å². The molecular weight excluding hydrogens is 289 g/mol. The third-order valence-electron chi connectivity index (χ3n) is 2.08. The summed E-state index contributed by atoms with van der Waals surface area (Å²) in [5.41, 5.74) is 5.15. The number of sulfone groups is 1. The number of carbonyl (C=O) groups is 1. The van der Waals surface area contributed by atoms with E-state index in [4.69, 9.17) is 34.0 Å². The Balaban J connectivity index is 3.30. The summed E-state index contributed by atoms with van der Waals surface area (Å²) < 4.78 is 23.8. The molecule has 3 N–H and O–H groups in total. The van der Waals surface area contributed by atoms with Crippen LogP contribution < -0.4 is 5.73 Å². The Morgan fingerprint density at radius 1 is 1.35 bits per heavy atom. The van der Waals surface area contributed by atoms with E-state index in [2.05, 4.69) is 0 Å². The van der Waals surface area contributed by atoms with Gasteiger partial charge in [-0.1, -0.05) is 23.2 Å². The molecule has 1 aromatic carbocycles. The molecule has 5 nitrogen and oxygen atoms in total. The van der Waals surface area contributed by atoms with Crippen LogP contribution in [-0.4, -0.2) is 31.3 Å². The topological polar surface area (TPSA) is 97.5 Å². The van der Waals surface area contributed by atoms with Gasteiger partial charge in [-0.05, 0) is 18.2 Å². The second kappa shape index (κ2) is 5.22. The van der Waals surface area contributed by atoms with Gasteiger partial charge in [0.05, 0.1) is 14.9 Å². The lowest BCUT2D eigenvalue weighted by Crippen LogP contribution is -2.37. The molecule has 0 aliphatic heterocycles. The normalized spacial score (nSPS) is 13.4. The van der Waals surface area contributed by atoms with Gasteiger partial charge >= 0.3 is 5.97 Å². The predicted octanol–water partition coefficient (Wildman–Crippen LogP) is 1.18. The summed E-state index contributed by atoms with van der Waals surface area (Å²) in [6, 6.07) is 3.58. The monoisotopic (exact) mass is 297 g/mol. The molecule has 0 amide bonds. The van der Waals surface area contributed by atoms with Gasteiger partial charge < -0.3 is 10.8 Å². The number of benzene rings is 1. The molecule has 94 valence electrons. The average molecular weight is 298 g/mol. The molecule has 0 aliphatic rings. The first-order chi connectivity index (χ1) is 7.80. The molecule has 0 radical (unpaired) electrons. The molecule has 0 aromatic heterocycles. The molecule has 1 aromatic rings. The highest BCUT2D eigenvalue weighted by Gasteiger charge is 2.32. The number of rotatable bonds is 4. The summed E-state index contributed by atoms with van der Waals surface area (Å²) in [4.78, 5) is 10.6. The van der Waals surface area contributed by atoms with Gasteiger partial charge in [0, 0.05) is 6.54 Å². The number of hydrogen-bond acceptors (Lipinski definition) is 4. The van der Waals surface area contributed by atoms with Crippen LogP contribution in [0.1, 0.15) is 0 Å². The molecule has 0 bridgehead atoms. The zero-order valence-corrected chi connectivity index (χ0v) is 10.8. The highest BCUT2D eigenvalue weighted by molar-refractivity contribution is 7.92. The third-order valence-corrected chi connectivity index (χ3v) is 4.88. The zero-order valence-electron chi connectivity index (χ0n) is 8.43. The lowest BCUT2D eigenvalue weighted by atomic mass is 10.4. The molecule has 1 unspecified atom stereocenters. The van der Waals surface area contributed by atoms with Crippen LogP contribution in [0.25, 0.3) is 0 Å². The summed E-state index contributed by atoms with van der Waals surface area (Å²) in [5, 5.41) is 7.30. The summed E-state index contributed by atoms with van der Waals surface area (Å²) >= 11 is 11.3. The largest absolute Gasteiger partial charge is 0.480 e. The third kappa shape index (κ3) is 2.90. The number of carboxylic acid groups (broad SMARTS) is 1. The van der Waals surface area contributed by atoms with Crippen molar-refractivity contribution < 1.29 is 18.3 Å². The lowest BCUT2D eigenvalue weighted by Gasteiger charge is -2.11. The van der Waals surface area contributed by atoms with E-state index in [-0.39, 0.29) is 14.9 Å². The van der Waals surface area contributed by atoms with Gasteiger partial charge in [-0.3, -0.25) is 4.79 Å². The Bertz CT molecular complexity index is 544. The van der Waals surface area contributed by atoms with Gasteiger partial charge in [-0.15, -0.1) is 0 Å². The summed E-state index contributed by atoms with van der Waals surface area (Å²) in [5.74, 6) is -1.50. The second-order valence-corrected chi connectivity index (χ2v) is 6.13. The molecule has 1 rings (SSSR count). The Morgan fingerprint density at radius 2 is 1.94 bits per heavy atom. The fourth-order valence-corrected chi connectivity index (χ4v) is 2.93. The van der Waals surface area contributed by atoms with Crippen molar-refractivity contribution in [3.8, 4) is 0 Å². The molecule has 0 aliphatic carbocycles. The number of aliphatic carboxylic acids is 1. The van der Waals surface area contributed by atoms with E-state index in [1.807, 2.05) is 0 Å². The van der Waals surface area contributed by atoms with Gasteiger partial charge in [-0.2, -0.15) is 0 Å². The molecular formula is C9H9Cl2NO4S. The Morgan fingerprint density at radius 3 is 2.35 bits per heavy atom. The van der Waals surface area contributed by atoms with Gasteiger partial charge in [0.25, 0.3) is 0 Å². The van der Waals surface area contributed by atoms with Crippen molar-refractivity contribution in [1.82, 2.24) is 0 Å². The number of hydrogen-bond donors (Lipinski definition) is 2. The zero-order chi connectivity index (χ0) is 13.2. The number of nitrogens with two attached hydrogens (primary N) is 1. The molecule has 17 heavy (non-hydrogen) atoms. The summed E-state index contributed by atoms with van der Waals surface area (Å²) in [6.45, 7) is -0.516. The average Bonchev–Trinajstić information content (AvgIpc) is 2.21. The van der Waals surface area contributed by atoms with Crippen molar-refractivity contribution >= 4 is 39.0 Å². The molecule has 0 fully saturated rings. The van der Waals surface area contributed by atoms with Crippen LogP contribution in [0.4, 0.5) is 0 Å². The predicted molar refractivity (Wildman–Crippen MR) is 64.1 cm³/mol. The fraction of sp³-hybridized carbons (Fsp3) is 0.222. The van der Waals surface area contributed by atoms with Crippen molar-refractivity contribution in [1.29, 1.82) is 0 Å². The highest BCUT2D eigenvalue weighted by atomic mass is 35.5. The van der Waals surface area contributed by atoms with E-state index in [1.54, 1.807) is 0 Å². The summed E-state index contributed by atoms with van der Waals surface area (Å²) in [7, 11) is -4.06. The first-order valence-corrected chi connectivity index (χ1v) is 6.72. The minimum atomic E-state index is -4.06. The van der Waals surface area contributed by atoms with Crippen LogP contribution in [0.15, 0.2) is 23.1 Å². The molecule has 0 heterocycles. The fourth-order valence-electron chi connectivity index (χ4n) is 1.18. The van der Waals surface area contributed by atoms with Crippen LogP contribution >= 0.6 is 23.2 Å². The first-order valence-electron chi connectivity index (χ1n) is 4.42. The summed E-state index contributed by atoms with van der Waals surface area (Å²) in [6.07, 6.45) is 0. The second-order valence-electron chi connectivity index (χ2n) is 3.18. The van der Waals surface area contributed by atoms with Crippen molar-refractivity contribution in [2.45, 2.75) is 10.1 Å². The van der Waals surface area contributed by atoms with Crippen molar-refractivity contribution in [2.24, 2.45) is 5.73 Å². The first kappa shape index (κ1) is 14.2. The number of carboxylic acids is 1. The van der Waals surface area contributed by atoms with Crippen LogP contribution in [0.3, 0.4) is 0 Å². The smallest absolute Gasteiger partial charge is 0.323 e. The van der Waals surface area contributed by atoms with E-state index in [1.165, 1.54) is 12.1 Å². The SMILES string of the molecule is NCC(C(=O)O)S(=O)(=O)c1ccc(Cl)c(Cl)c1. The maximum atomic E-state index is 11.9. The van der Waals surface area contributed by atoms with Crippen LogP contribution in [0, 0.1) is 0 Å². The van der Waals surface area contributed by atoms with Crippen molar-refractivity contribution in [2.75, 3.05) is 6.54 Å². The van der Waals surface area contributed by atoms with Gasteiger partial charge in [0.15, 0.2) is 15.1 Å². The highest BCUT2D eigenvalue weighted by Crippen LogP contribution is 2.26. The quantitative estimate of drug-likeness (QED) is 0.870. The maximum absolute atomic E-state index is 11.9. The van der Waals surface area contributed by atoms with Crippen molar-refractivity contribution in [3.63, 3.8) is 0 Å². The standard InChI is InChI=1S/C9H9Cl2NO4S/c10-6-2-1-5(3-7(6)11)17(15,16)8(4-12)9(13)14/h1-3,8H,4,12H2,(H,13,14). The molecule has 0 saturated heterocycles. The van der Waals surface area contributed by atoms with E-state index in [9.17, 15) is 13.2 Å². The lowest BCUT2D eigenvalue weighted by molar-refractivity contribution is -0.136. The van der Waals surface area contributed by atoms with E-state index in [0.717, 1.165) is 6.07 Å². The van der Waals surface area contributed by atoms with Crippen LogP contribution in [0.2, 0.25) is 10.0 Å². The molecule has 0 spiro atoms. The molecule has 8 heteroatoms. The van der Waals surface area contributed by atoms with Gasteiger partial charge in [-0.25, -0.2) is 8.42 Å². The molecule has 0 saturated carbocycles. The minimum Gasteiger partial charge on any atom is -0.480 e. The van der Waals surface area contributed by atoms with Gasteiger partial charge in [0.1, 0.15) is 0 Å². The van der Waals surface area contributed by atoms with Crippen LogP contribution in [0.5, 0.6) is 0 Å². The van der Waals surface area contributed by atoms with E-state index >= 15 is 0 Å². The Kier molecular flexibility index (Phi) is 4.37. The maximum Gasteiger partial charge on any atom is 0.323 e. The minimum absolute atomic E-state index is 0.0360. The number of halogens is 2. The van der Waals surface area contributed by atoms with Gasteiger partial charge in [0.2, 0.25) is 0 Å². The van der Waals surface area contributed by atoms with E-state index < -0.39 is 27.6 Å². The Hall–Kier alpha value is -0.820. The molecule has 1 atom stereocenters. The van der Waals surface area contributed by atoms with Crippen molar-refractivity contribution in [3.05, 3.63) is 28.2 Å². The van der Waals surface area contributed by atoms with E-state index in [0.29, 0.717) is 0 Å². The Labute approximate surface area is 108 Å².